The Labute approximate surface area is 175 Å². The maximum Gasteiger partial charge on any atom is 0.247 e. The number of amides is 1. The van der Waals surface area contributed by atoms with E-state index >= 15 is 0 Å². The van der Waals surface area contributed by atoms with Crippen LogP contribution in [0.1, 0.15) is 27.6 Å². The Balaban J connectivity index is 1.63. The van der Waals surface area contributed by atoms with Crippen LogP contribution in [0.25, 0.3) is 6.08 Å². The minimum absolute atomic E-state index is 0.00595. The first-order valence-corrected chi connectivity index (χ1v) is 10.4. The van der Waals surface area contributed by atoms with Gasteiger partial charge in [0.15, 0.2) is 0 Å². The molecule has 148 valence electrons. The molecule has 0 aliphatic carbocycles. The predicted octanol–water partition coefficient (Wildman–Crippen LogP) is 4.95. The van der Waals surface area contributed by atoms with E-state index in [1.54, 1.807) is 31.6 Å². The molecule has 1 atom stereocenters. The van der Waals surface area contributed by atoms with Crippen LogP contribution >= 0.6 is 11.3 Å². The highest BCUT2D eigenvalue weighted by atomic mass is 32.1. The SMILES string of the molecule is COc1ccc(C=CC(=O)N2CCc3sccc3C2c2ccccc2)c(OC)c1. The standard InChI is InChI=1S/C24H23NO3S/c1-27-19-10-8-17(21(16-19)28-2)9-11-23(26)25-14-12-22-20(13-15-29-22)24(25)18-6-4-3-5-7-18/h3-11,13,15-16,24H,12,14H2,1-2H3. The van der Waals surface area contributed by atoms with Crippen molar-refractivity contribution in [2.75, 3.05) is 20.8 Å². The number of thiophene rings is 1. The molecule has 0 radical (unpaired) electrons. The van der Waals surface area contributed by atoms with Crippen LogP contribution in [-0.4, -0.2) is 31.6 Å². The molecule has 0 spiro atoms. The van der Waals surface area contributed by atoms with Gasteiger partial charge in [-0.1, -0.05) is 30.3 Å². The summed E-state index contributed by atoms with van der Waals surface area (Å²) >= 11 is 1.77. The van der Waals surface area contributed by atoms with E-state index in [1.165, 1.54) is 10.4 Å². The fraction of sp³-hybridized carbons (Fsp3) is 0.208. The molecular weight excluding hydrogens is 382 g/mol. The molecule has 3 aromatic rings. The van der Waals surface area contributed by atoms with Gasteiger partial charge in [0.05, 0.1) is 20.3 Å². The summed E-state index contributed by atoms with van der Waals surface area (Å²) in [4.78, 5) is 16.5. The molecule has 2 aromatic carbocycles. The maximum atomic E-state index is 13.2. The van der Waals surface area contributed by atoms with Crippen molar-refractivity contribution in [1.82, 2.24) is 4.90 Å². The second kappa shape index (κ2) is 8.53. The van der Waals surface area contributed by atoms with Crippen LogP contribution in [0.2, 0.25) is 0 Å². The largest absolute Gasteiger partial charge is 0.497 e. The lowest BCUT2D eigenvalue weighted by Gasteiger charge is -2.35. The van der Waals surface area contributed by atoms with E-state index < -0.39 is 0 Å². The monoisotopic (exact) mass is 405 g/mol. The Kier molecular flexibility index (Phi) is 5.67. The highest BCUT2D eigenvalue weighted by molar-refractivity contribution is 7.10. The Morgan fingerprint density at radius 1 is 1.10 bits per heavy atom. The van der Waals surface area contributed by atoms with Crippen LogP contribution in [0.3, 0.4) is 0 Å². The summed E-state index contributed by atoms with van der Waals surface area (Å²) in [5.41, 5.74) is 3.21. The summed E-state index contributed by atoms with van der Waals surface area (Å²) in [7, 11) is 3.23. The molecule has 2 heterocycles. The first-order chi connectivity index (χ1) is 14.2. The van der Waals surface area contributed by atoms with Gasteiger partial charge in [-0.2, -0.15) is 0 Å². The van der Waals surface area contributed by atoms with Crippen LogP contribution < -0.4 is 9.47 Å². The zero-order chi connectivity index (χ0) is 20.2. The van der Waals surface area contributed by atoms with Crippen molar-refractivity contribution in [2.45, 2.75) is 12.5 Å². The highest BCUT2D eigenvalue weighted by Gasteiger charge is 2.31. The first kappa shape index (κ1) is 19.3. The normalized spacial score (nSPS) is 15.9. The second-order valence-electron chi connectivity index (χ2n) is 6.84. The highest BCUT2D eigenvalue weighted by Crippen LogP contribution is 2.38. The average molecular weight is 406 g/mol. The summed E-state index contributed by atoms with van der Waals surface area (Å²) in [6.45, 7) is 0.704. The number of benzene rings is 2. The van der Waals surface area contributed by atoms with E-state index in [9.17, 15) is 4.79 Å². The van der Waals surface area contributed by atoms with Gasteiger partial charge < -0.3 is 14.4 Å². The lowest BCUT2D eigenvalue weighted by Crippen LogP contribution is -2.39. The van der Waals surface area contributed by atoms with Crippen LogP contribution in [0.4, 0.5) is 0 Å². The second-order valence-corrected chi connectivity index (χ2v) is 7.84. The van der Waals surface area contributed by atoms with Crippen LogP contribution in [-0.2, 0) is 11.2 Å². The number of nitrogens with zero attached hydrogens (tertiary/aromatic N) is 1. The number of rotatable bonds is 5. The number of carbonyl (C=O) groups is 1. The Hall–Kier alpha value is -3.05. The molecule has 0 saturated heterocycles. The molecule has 0 bridgehead atoms. The van der Waals surface area contributed by atoms with Crippen LogP contribution in [0.15, 0.2) is 66.1 Å². The molecule has 5 heteroatoms. The molecular formula is C24H23NO3S. The van der Waals surface area contributed by atoms with E-state index in [0.717, 1.165) is 23.3 Å². The van der Waals surface area contributed by atoms with E-state index in [4.69, 9.17) is 9.47 Å². The molecule has 1 aliphatic heterocycles. The number of hydrogen-bond donors (Lipinski definition) is 0. The molecule has 0 fully saturated rings. The quantitative estimate of drug-likeness (QED) is 0.564. The Morgan fingerprint density at radius 2 is 1.93 bits per heavy atom. The van der Waals surface area contributed by atoms with Crippen molar-refractivity contribution in [3.05, 3.63) is 87.6 Å². The fourth-order valence-electron chi connectivity index (χ4n) is 3.76. The number of hydrogen-bond acceptors (Lipinski definition) is 4. The first-order valence-electron chi connectivity index (χ1n) is 9.53. The Bertz CT molecular complexity index is 1030. The summed E-state index contributed by atoms with van der Waals surface area (Å²) < 4.78 is 10.7. The summed E-state index contributed by atoms with van der Waals surface area (Å²) in [5, 5.41) is 2.12. The maximum absolute atomic E-state index is 13.2. The van der Waals surface area contributed by atoms with E-state index in [2.05, 4.69) is 23.6 Å². The topological polar surface area (TPSA) is 38.8 Å². The van der Waals surface area contributed by atoms with Crippen molar-refractivity contribution in [2.24, 2.45) is 0 Å². The minimum atomic E-state index is -0.0545. The van der Waals surface area contributed by atoms with E-state index in [1.807, 2.05) is 47.4 Å². The van der Waals surface area contributed by atoms with Crippen LogP contribution in [0, 0.1) is 0 Å². The molecule has 1 aromatic heterocycles. The number of ether oxygens (including phenoxy) is 2. The molecule has 1 amide bonds. The minimum Gasteiger partial charge on any atom is -0.497 e. The molecule has 1 unspecified atom stereocenters. The lowest BCUT2D eigenvalue weighted by atomic mass is 9.93. The van der Waals surface area contributed by atoms with E-state index in [0.29, 0.717) is 12.3 Å². The van der Waals surface area contributed by atoms with Gasteiger partial charge in [-0.15, -0.1) is 11.3 Å². The van der Waals surface area contributed by atoms with E-state index in [-0.39, 0.29) is 11.9 Å². The Morgan fingerprint density at radius 3 is 2.69 bits per heavy atom. The van der Waals surface area contributed by atoms with Gasteiger partial charge >= 0.3 is 0 Å². The zero-order valence-corrected chi connectivity index (χ0v) is 17.3. The number of carbonyl (C=O) groups excluding carboxylic acids is 1. The van der Waals surface area contributed by atoms with Gasteiger partial charge in [-0.3, -0.25) is 4.79 Å². The molecule has 4 nitrogen and oxygen atoms in total. The van der Waals surface area contributed by atoms with Gasteiger partial charge in [-0.25, -0.2) is 0 Å². The molecule has 1 aliphatic rings. The van der Waals surface area contributed by atoms with Gasteiger partial charge in [0.2, 0.25) is 5.91 Å². The number of fused-ring (bicyclic) bond motifs is 1. The van der Waals surface area contributed by atoms with Gasteiger partial charge in [0.25, 0.3) is 0 Å². The summed E-state index contributed by atoms with van der Waals surface area (Å²) in [5.74, 6) is 1.39. The molecule has 0 saturated carbocycles. The van der Waals surface area contributed by atoms with Crippen molar-refractivity contribution in [3.8, 4) is 11.5 Å². The smallest absolute Gasteiger partial charge is 0.247 e. The zero-order valence-electron chi connectivity index (χ0n) is 16.5. The third-order valence-corrected chi connectivity index (χ3v) is 6.21. The third-order valence-electron chi connectivity index (χ3n) is 5.21. The average Bonchev–Trinajstić information content (AvgIpc) is 3.26. The number of methoxy groups -OCH3 is 2. The van der Waals surface area contributed by atoms with Gasteiger partial charge in [0.1, 0.15) is 11.5 Å². The van der Waals surface area contributed by atoms with Crippen molar-refractivity contribution in [1.29, 1.82) is 0 Å². The lowest BCUT2D eigenvalue weighted by molar-refractivity contribution is -0.127. The molecule has 0 N–H and O–H groups in total. The fourth-order valence-corrected chi connectivity index (χ4v) is 4.67. The van der Waals surface area contributed by atoms with Gasteiger partial charge in [-0.05, 0) is 47.2 Å². The van der Waals surface area contributed by atoms with Gasteiger partial charge in [0, 0.05) is 29.1 Å². The van der Waals surface area contributed by atoms with Crippen molar-refractivity contribution >= 4 is 23.3 Å². The molecule has 29 heavy (non-hydrogen) atoms. The van der Waals surface area contributed by atoms with Crippen LogP contribution in [0.5, 0.6) is 11.5 Å². The third kappa shape index (κ3) is 3.91. The summed E-state index contributed by atoms with van der Waals surface area (Å²) in [6, 6.07) is 17.9. The van der Waals surface area contributed by atoms with Crippen molar-refractivity contribution < 1.29 is 14.3 Å². The summed E-state index contributed by atoms with van der Waals surface area (Å²) in [6.07, 6.45) is 4.34. The predicted molar refractivity (Wildman–Crippen MR) is 117 cm³/mol. The van der Waals surface area contributed by atoms with Crippen molar-refractivity contribution in [3.63, 3.8) is 0 Å². The molecule has 4 rings (SSSR count).